The molecule has 0 aliphatic heterocycles. The van der Waals surface area contributed by atoms with Gasteiger partial charge in [0.15, 0.2) is 5.95 Å². The fraction of sp³-hybridized carbons (Fsp3) is 0.357. The van der Waals surface area contributed by atoms with Gasteiger partial charge in [0.1, 0.15) is 5.75 Å². The minimum Gasteiger partial charge on any atom is -0.426 e. The number of nitrogens with one attached hydrogen (secondary N) is 1. The second-order valence-corrected chi connectivity index (χ2v) is 4.74. The Labute approximate surface area is 111 Å². The highest BCUT2D eigenvalue weighted by Gasteiger charge is 2.16. The van der Waals surface area contributed by atoms with Crippen LogP contribution in [0.15, 0.2) is 18.2 Å². The first-order chi connectivity index (χ1) is 8.99. The zero-order valence-corrected chi connectivity index (χ0v) is 11.3. The molecule has 0 atom stereocenters. The summed E-state index contributed by atoms with van der Waals surface area (Å²) in [5.74, 6) is -0.372. The molecule has 1 aromatic carbocycles. The molecular weight excluding hydrogens is 247 g/mol. The van der Waals surface area contributed by atoms with Crippen molar-refractivity contribution in [1.29, 1.82) is 0 Å². The van der Waals surface area contributed by atoms with E-state index in [4.69, 9.17) is 4.74 Å². The third-order valence-corrected chi connectivity index (χ3v) is 2.90. The van der Waals surface area contributed by atoms with Crippen LogP contribution in [0.2, 0.25) is 0 Å². The molecule has 1 heterocycles. The monoisotopic (exact) mass is 264 g/mol. The highest BCUT2D eigenvalue weighted by molar-refractivity contribution is 5.91. The fourth-order valence-electron chi connectivity index (χ4n) is 2.06. The van der Waals surface area contributed by atoms with Gasteiger partial charge in [-0.15, -0.1) is 0 Å². The lowest BCUT2D eigenvalue weighted by Crippen LogP contribution is -2.15. The SMILES string of the molecule is CC(=O)Oc1cccc2[nH]c(F)c(CCN(C)C)c12. The third-order valence-electron chi connectivity index (χ3n) is 2.90. The van der Waals surface area contributed by atoms with Crippen LogP contribution in [0, 0.1) is 5.95 Å². The van der Waals surface area contributed by atoms with Crippen LogP contribution in [0.4, 0.5) is 4.39 Å². The minimum atomic E-state index is -0.410. The molecule has 2 rings (SSSR count). The van der Waals surface area contributed by atoms with Gasteiger partial charge in [-0.3, -0.25) is 4.79 Å². The molecule has 0 aliphatic carbocycles. The van der Waals surface area contributed by atoms with Gasteiger partial charge in [-0.05, 0) is 32.6 Å². The quantitative estimate of drug-likeness (QED) is 0.681. The van der Waals surface area contributed by atoms with E-state index in [2.05, 4.69) is 4.98 Å². The van der Waals surface area contributed by atoms with Gasteiger partial charge in [0, 0.05) is 24.4 Å². The zero-order valence-electron chi connectivity index (χ0n) is 11.3. The second kappa shape index (κ2) is 5.40. The van der Waals surface area contributed by atoms with Gasteiger partial charge in [-0.2, -0.15) is 4.39 Å². The van der Waals surface area contributed by atoms with Crippen LogP contribution in [0.5, 0.6) is 5.75 Å². The number of carbonyl (C=O) groups excluding carboxylic acids is 1. The molecule has 4 nitrogen and oxygen atoms in total. The second-order valence-electron chi connectivity index (χ2n) is 4.74. The van der Waals surface area contributed by atoms with Gasteiger partial charge >= 0.3 is 5.97 Å². The minimum absolute atomic E-state index is 0.364. The maximum Gasteiger partial charge on any atom is 0.308 e. The van der Waals surface area contributed by atoms with Gasteiger partial charge in [-0.25, -0.2) is 0 Å². The number of rotatable bonds is 4. The number of benzene rings is 1. The summed E-state index contributed by atoms with van der Waals surface area (Å²) in [6.45, 7) is 2.06. The number of fused-ring (bicyclic) bond motifs is 1. The van der Waals surface area contributed by atoms with Crippen molar-refractivity contribution in [3.05, 3.63) is 29.7 Å². The topological polar surface area (TPSA) is 45.3 Å². The van der Waals surface area contributed by atoms with E-state index < -0.39 is 5.97 Å². The number of nitrogens with zero attached hydrogens (tertiary/aromatic N) is 1. The summed E-state index contributed by atoms with van der Waals surface area (Å²) < 4.78 is 19.1. The summed E-state index contributed by atoms with van der Waals surface area (Å²) in [6, 6.07) is 5.17. The molecule has 0 saturated heterocycles. The lowest BCUT2D eigenvalue weighted by Gasteiger charge is -2.09. The van der Waals surface area contributed by atoms with Crippen molar-refractivity contribution in [2.24, 2.45) is 0 Å². The molecule has 0 aliphatic rings. The molecule has 2 aromatic rings. The lowest BCUT2D eigenvalue weighted by molar-refractivity contribution is -0.131. The van der Waals surface area contributed by atoms with E-state index >= 15 is 0 Å². The number of aromatic nitrogens is 1. The summed E-state index contributed by atoms with van der Waals surface area (Å²) in [5.41, 5.74) is 1.20. The van der Waals surface area contributed by atoms with E-state index in [0.717, 1.165) is 6.54 Å². The van der Waals surface area contributed by atoms with Gasteiger partial charge in [0.2, 0.25) is 0 Å². The van der Waals surface area contributed by atoms with Gasteiger partial charge in [0.05, 0.1) is 5.52 Å². The average molecular weight is 264 g/mol. The summed E-state index contributed by atoms with van der Waals surface area (Å²) >= 11 is 0. The number of halogens is 1. The van der Waals surface area contributed by atoms with E-state index in [1.807, 2.05) is 19.0 Å². The van der Waals surface area contributed by atoms with E-state index in [9.17, 15) is 9.18 Å². The van der Waals surface area contributed by atoms with E-state index in [1.165, 1.54) is 6.92 Å². The molecular formula is C14H17FN2O2. The summed E-state index contributed by atoms with van der Waals surface area (Å²) in [7, 11) is 3.86. The first-order valence-electron chi connectivity index (χ1n) is 6.11. The van der Waals surface area contributed by atoms with Gasteiger partial charge in [0.25, 0.3) is 0 Å². The largest absolute Gasteiger partial charge is 0.426 e. The number of H-pyrrole nitrogens is 1. The molecule has 19 heavy (non-hydrogen) atoms. The molecule has 1 aromatic heterocycles. The molecule has 0 unspecified atom stereocenters. The van der Waals surface area contributed by atoms with Crippen molar-refractivity contribution in [3.63, 3.8) is 0 Å². The lowest BCUT2D eigenvalue weighted by atomic mass is 10.1. The first-order valence-corrected chi connectivity index (χ1v) is 6.11. The van der Waals surface area contributed by atoms with Crippen LogP contribution < -0.4 is 4.74 Å². The standard InChI is InChI=1S/C14H17FN2O2/c1-9(18)19-12-6-4-5-11-13(12)10(14(15)16-11)7-8-17(2)3/h4-6,16H,7-8H2,1-3H3. The zero-order chi connectivity index (χ0) is 14.0. The molecule has 0 fully saturated rings. The van der Waals surface area contributed by atoms with E-state index in [0.29, 0.717) is 28.6 Å². The van der Waals surface area contributed by atoms with Crippen LogP contribution in [-0.2, 0) is 11.2 Å². The summed E-state index contributed by atoms with van der Waals surface area (Å²) in [6.07, 6.45) is 0.553. The van der Waals surface area contributed by atoms with Crippen LogP contribution in [-0.4, -0.2) is 36.5 Å². The molecule has 0 radical (unpaired) electrons. The Morgan fingerprint density at radius 3 is 2.79 bits per heavy atom. The Kier molecular flexibility index (Phi) is 3.85. The van der Waals surface area contributed by atoms with Crippen molar-refractivity contribution < 1.29 is 13.9 Å². The number of hydrogen-bond acceptors (Lipinski definition) is 3. The van der Waals surface area contributed by atoms with Crippen LogP contribution >= 0.6 is 0 Å². The van der Waals surface area contributed by atoms with Crippen LogP contribution in [0.3, 0.4) is 0 Å². The van der Waals surface area contributed by atoms with Crippen molar-refractivity contribution >= 4 is 16.9 Å². The number of likely N-dealkylation sites (N-methyl/N-ethyl adjacent to an activating group) is 1. The van der Waals surface area contributed by atoms with E-state index in [1.54, 1.807) is 18.2 Å². The maximum absolute atomic E-state index is 14.0. The molecule has 0 amide bonds. The highest BCUT2D eigenvalue weighted by atomic mass is 19.1. The molecule has 0 spiro atoms. The smallest absolute Gasteiger partial charge is 0.308 e. The number of carbonyl (C=O) groups is 1. The van der Waals surface area contributed by atoms with E-state index in [-0.39, 0.29) is 5.95 Å². The molecule has 1 N–H and O–H groups in total. The fourth-order valence-corrected chi connectivity index (χ4v) is 2.06. The number of aromatic amines is 1. The Bertz CT molecular complexity index is 605. The van der Waals surface area contributed by atoms with Crippen molar-refractivity contribution in [2.75, 3.05) is 20.6 Å². The Balaban J connectivity index is 2.48. The number of ether oxygens (including phenoxy) is 1. The Morgan fingerprint density at radius 1 is 1.42 bits per heavy atom. The third kappa shape index (κ3) is 2.93. The Hall–Kier alpha value is -1.88. The Morgan fingerprint density at radius 2 is 2.16 bits per heavy atom. The summed E-state index contributed by atoms with van der Waals surface area (Å²) in [4.78, 5) is 15.8. The van der Waals surface area contributed by atoms with Gasteiger partial charge in [-0.1, -0.05) is 6.07 Å². The van der Waals surface area contributed by atoms with Crippen LogP contribution in [0.25, 0.3) is 10.9 Å². The molecule has 5 heteroatoms. The molecule has 102 valence electrons. The predicted molar refractivity (Wildman–Crippen MR) is 71.8 cm³/mol. The van der Waals surface area contributed by atoms with Crippen molar-refractivity contribution in [1.82, 2.24) is 9.88 Å². The number of hydrogen-bond donors (Lipinski definition) is 1. The van der Waals surface area contributed by atoms with Crippen LogP contribution in [0.1, 0.15) is 12.5 Å². The summed E-state index contributed by atoms with van der Waals surface area (Å²) in [5, 5.41) is 0.650. The number of esters is 1. The average Bonchev–Trinajstić information content (AvgIpc) is 2.62. The maximum atomic E-state index is 14.0. The van der Waals surface area contributed by atoms with Gasteiger partial charge < -0.3 is 14.6 Å². The first kappa shape index (κ1) is 13.5. The van der Waals surface area contributed by atoms with Crippen molar-refractivity contribution in [3.8, 4) is 5.75 Å². The predicted octanol–water partition coefficient (Wildman–Crippen LogP) is 2.34. The molecule has 0 bridgehead atoms. The highest BCUT2D eigenvalue weighted by Crippen LogP contribution is 2.31. The van der Waals surface area contributed by atoms with Crippen molar-refractivity contribution in [2.45, 2.75) is 13.3 Å². The molecule has 0 saturated carbocycles. The normalized spacial score (nSPS) is 11.2.